The predicted octanol–water partition coefficient (Wildman–Crippen LogP) is 8.67. The van der Waals surface area contributed by atoms with E-state index >= 15 is 0 Å². The maximum absolute atomic E-state index is 13.0. The first-order valence-electron chi connectivity index (χ1n) is 17.3. The van der Waals surface area contributed by atoms with E-state index in [0.29, 0.717) is 41.8 Å². The Kier molecular flexibility index (Phi) is 7.67. The number of benzene rings is 1. The third kappa shape index (κ3) is 4.45. The number of esters is 1. The van der Waals surface area contributed by atoms with Gasteiger partial charge >= 0.3 is 5.97 Å². The molecule has 5 fully saturated rings. The summed E-state index contributed by atoms with van der Waals surface area (Å²) >= 11 is 0. The standard InChI is InChI=1S/C39H56O5/c1-24(2)26-14-19-39(23-40)21-20-37(6)27(34(26)39)10-12-31-36(5)17-16-32(35(3,4)30(36)15-18-38(31,37)7)44-33(43)13-9-25-8-11-28(41)29(42)22-25/h8-9,11,13,22,26-27,30-32,34,40-42H,1,10,12,14-21,23H2,2-7H3/t26-,27+,30-,31+,32-,34+,36-,37+,38+,39+/m0/s1. The largest absolute Gasteiger partial charge is 0.504 e. The van der Waals surface area contributed by atoms with Gasteiger partial charge < -0.3 is 20.1 Å². The minimum Gasteiger partial charge on any atom is -0.504 e. The van der Waals surface area contributed by atoms with Crippen LogP contribution in [0.15, 0.2) is 36.4 Å². The van der Waals surface area contributed by atoms with E-state index in [1.807, 2.05) is 0 Å². The number of phenols is 2. The van der Waals surface area contributed by atoms with Crippen LogP contribution in [-0.2, 0) is 9.53 Å². The number of allylic oxidation sites excluding steroid dienone is 1. The van der Waals surface area contributed by atoms with Gasteiger partial charge in [-0.2, -0.15) is 0 Å². The van der Waals surface area contributed by atoms with E-state index in [9.17, 15) is 20.1 Å². The van der Waals surface area contributed by atoms with Gasteiger partial charge in [0.25, 0.3) is 0 Å². The number of carbonyl (C=O) groups excluding carboxylic acids is 1. The molecule has 0 aliphatic heterocycles. The number of fused-ring (bicyclic) bond motifs is 7. The summed E-state index contributed by atoms with van der Waals surface area (Å²) in [4.78, 5) is 13.0. The van der Waals surface area contributed by atoms with Crippen LogP contribution in [0.1, 0.15) is 111 Å². The third-order valence-corrected chi connectivity index (χ3v) is 15.2. The van der Waals surface area contributed by atoms with Gasteiger partial charge in [-0.25, -0.2) is 4.79 Å². The van der Waals surface area contributed by atoms with Crippen LogP contribution in [0.2, 0.25) is 0 Å². The molecule has 5 aliphatic carbocycles. The zero-order valence-corrected chi connectivity index (χ0v) is 28.0. The van der Waals surface area contributed by atoms with Crippen molar-refractivity contribution in [2.24, 2.45) is 56.7 Å². The van der Waals surface area contributed by atoms with Gasteiger partial charge in [0.1, 0.15) is 6.10 Å². The predicted molar refractivity (Wildman–Crippen MR) is 175 cm³/mol. The summed E-state index contributed by atoms with van der Waals surface area (Å²) in [6.45, 7) is 19.5. The van der Waals surface area contributed by atoms with Crippen molar-refractivity contribution in [1.82, 2.24) is 0 Å². The highest BCUT2D eigenvalue weighted by Gasteiger charge is 2.71. The number of aliphatic hydroxyl groups excluding tert-OH is 1. The molecule has 0 bridgehead atoms. The van der Waals surface area contributed by atoms with Gasteiger partial charge in [-0.15, -0.1) is 0 Å². The second-order valence-corrected chi connectivity index (χ2v) is 17.1. The highest BCUT2D eigenvalue weighted by molar-refractivity contribution is 5.87. The number of rotatable bonds is 5. The molecule has 1 aromatic rings. The Morgan fingerprint density at radius 3 is 2.34 bits per heavy atom. The van der Waals surface area contributed by atoms with Crippen LogP contribution < -0.4 is 0 Å². The molecule has 5 heteroatoms. The molecule has 0 radical (unpaired) electrons. The third-order valence-electron chi connectivity index (χ3n) is 15.2. The van der Waals surface area contributed by atoms with Gasteiger partial charge in [-0.3, -0.25) is 0 Å². The Morgan fingerprint density at radius 2 is 1.66 bits per heavy atom. The second kappa shape index (κ2) is 10.6. The van der Waals surface area contributed by atoms with Crippen molar-refractivity contribution in [2.45, 2.75) is 112 Å². The lowest BCUT2D eigenvalue weighted by atomic mass is 9.32. The number of hydrogen-bond donors (Lipinski definition) is 3. The molecule has 44 heavy (non-hydrogen) atoms. The van der Waals surface area contributed by atoms with Crippen LogP contribution in [0.4, 0.5) is 0 Å². The van der Waals surface area contributed by atoms with Crippen molar-refractivity contribution in [2.75, 3.05) is 6.61 Å². The smallest absolute Gasteiger partial charge is 0.331 e. The first-order chi connectivity index (χ1) is 20.6. The molecule has 0 unspecified atom stereocenters. The maximum Gasteiger partial charge on any atom is 0.331 e. The SMILES string of the molecule is C=C(C)[C@@H]1CC[C@]2(CO)CC[C@]3(C)[C@H](CC[C@@H]4[C@@]5(C)CC[C@H](OC(=O)C=Cc6ccc(O)c(O)c6)C(C)(C)[C@@H]5CC[C@]43C)[C@@H]12. The monoisotopic (exact) mass is 604 g/mol. The molecule has 10 atom stereocenters. The fourth-order valence-corrected chi connectivity index (χ4v) is 12.7. The van der Waals surface area contributed by atoms with Crippen LogP contribution in [-0.4, -0.2) is 34.0 Å². The van der Waals surface area contributed by atoms with Crippen molar-refractivity contribution >= 4 is 12.0 Å². The summed E-state index contributed by atoms with van der Waals surface area (Å²) in [6.07, 6.45) is 14.5. The summed E-state index contributed by atoms with van der Waals surface area (Å²) in [5.74, 6) is 2.10. The van der Waals surface area contributed by atoms with Crippen molar-refractivity contribution in [3.8, 4) is 11.5 Å². The van der Waals surface area contributed by atoms with Gasteiger partial charge in [0.15, 0.2) is 11.5 Å². The van der Waals surface area contributed by atoms with E-state index in [4.69, 9.17) is 4.74 Å². The van der Waals surface area contributed by atoms with Gasteiger partial charge in [0.05, 0.1) is 0 Å². The quantitative estimate of drug-likeness (QED) is 0.135. The van der Waals surface area contributed by atoms with Crippen LogP contribution in [0, 0.1) is 56.7 Å². The Bertz CT molecular complexity index is 1350. The number of carbonyl (C=O) groups is 1. The lowest BCUT2D eigenvalue weighted by molar-refractivity contribution is -0.251. The Hall–Kier alpha value is -2.27. The van der Waals surface area contributed by atoms with E-state index in [2.05, 4.69) is 48.1 Å². The maximum atomic E-state index is 13.0. The lowest BCUT2D eigenvalue weighted by Gasteiger charge is -2.73. The normalized spacial score (nSPS) is 44.2. The lowest BCUT2D eigenvalue weighted by Crippen LogP contribution is -2.67. The highest BCUT2D eigenvalue weighted by atomic mass is 16.5. The minimum absolute atomic E-state index is 0.0825. The van der Waals surface area contributed by atoms with Crippen LogP contribution in [0.3, 0.4) is 0 Å². The van der Waals surface area contributed by atoms with E-state index in [-0.39, 0.29) is 50.6 Å². The number of hydrogen-bond acceptors (Lipinski definition) is 5. The molecule has 0 aromatic heterocycles. The Labute approximate surface area is 265 Å². The second-order valence-electron chi connectivity index (χ2n) is 17.1. The number of aromatic hydroxyl groups is 2. The van der Waals surface area contributed by atoms with E-state index < -0.39 is 0 Å². The molecule has 242 valence electrons. The fourth-order valence-electron chi connectivity index (χ4n) is 12.7. The van der Waals surface area contributed by atoms with E-state index in [0.717, 1.165) is 32.1 Å². The topological polar surface area (TPSA) is 87.0 Å². The van der Waals surface area contributed by atoms with Crippen molar-refractivity contribution in [1.29, 1.82) is 0 Å². The fraction of sp³-hybridized carbons (Fsp3) is 0.718. The van der Waals surface area contributed by atoms with Crippen LogP contribution >= 0.6 is 0 Å². The zero-order chi connectivity index (χ0) is 31.9. The van der Waals surface area contributed by atoms with Crippen LogP contribution in [0.5, 0.6) is 11.5 Å². The number of aliphatic hydroxyl groups is 1. The number of phenolic OH excluding ortho intramolecular Hbond substituents is 2. The molecule has 5 nitrogen and oxygen atoms in total. The van der Waals surface area contributed by atoms with Gasteiger partial charge in [-0.1, -0.05) is 52.8 Å². The van der Waals surface area contributed by atoms with Crippen LogP contribution in [0.25, 0.3) is 6.08 Å². The first kappa shape index (κ1) is 31.7. The highest BCUT2D eigenvalue weighted by Crippen LogP contribution is 2.77. The average molecular weight is 605 g/mol. The van der Waals surface area contributed by atoms with Gasteiger partial charge in [0.2, 0.25) is 0 Å². The van der Waals surface area contributed by atoms with Crippen molar-refractivity contribution < 1.29 is 24.9 Å². The minimum atomic E-state index is -0.355. The van der Waals surface area contributed by atoms with Crippen molar-refractivity contribution in [3.05, 3.63) is 42.0 Å². The molecule has 5 aliphatic rings. The average Bonchev–Trinajstić information content (AvgIpc) is 3.36. The Balaban J connectivity index is 1.22. The molecule has 1 aromatic carbocycles. The summed E-state index contributed by atoms with van der Waals surface area (Å²) in [5, 5.41) is 30.2. The molecule has 0 heterocycles. The Morgan fingerprint density at radius 1 is 0.909 bits per heavy atom. The van der Waals surface area contributed by atoms with Crippen molar-refractivity contribution in [3.63, 3.8) is 0 Å². The van der Waals surface area contributed by atoms with E-state index in [1.54, 1.807) is 12.1 Å². The summed E-state index contributed by atoms with van der Waals surface area (Å²) in [7, 11) is 0. The van der Waals surface area contributed by atoms with E-state index in [1.165, 1.54) is 55.9 Å². The summed E-state index contributed by atoms with van der Waals surface area (Å²) in [5.41, 5.74) is 2.61. The molecular formula is C39H56O5. The van der Waals surface area contributed by atoms with Gasteiger partial charge in [-0.05, 0) is 146 Å². The summed E-state index contributed by atoms with van der Waals surface area (Å²) < 4.78 is 6.18. The summed E-state index contributed by atoms with van der Waals surface area (Å²) in [6, 6.07) is 4.51. The number of ether oxygens (including phenoxy) is 1. The molecule has 5 saturated carbocycles. The zero-order valence-electron chi connectivity index (χ0n) is 28.0. The molecular weight excluding hydrogens is 548 g/mol. The molecule has 0 amide bonds. The molecule has 0 spiro atoms. The molecule has 0 saturated heterocycles. The molecule has 6 rings (SSSR count). The first-order valence-corrected chi connectivity index (χ1v) is 17.3. The van der Waals surface area contributed by atoms with Gasteiger partial charge in [0, 0.05) is 18.1 Å². The molecule has 3 N–H and O–H groups in total.